The van der Waals surface area contributed by atoms with Crippen LogP contribution in [0.3, 0.4) is 0 Å². The van der Waals surface area contributed by atoms with E-state index in [4.69, 9.17) is 5.73 Å². The molecule has 10 nitrogen and oxygen atoms in total. The number of likely N-dealkylation sites (N-methyl/N-ethyl adjacent to an activating group) is 1. The molecule has 6 N–H and O–H groups in total. The van der Waals surface area contributed by atoms with Crippen LogP contribution in [0.15, 0.2) is 53.0 Å². The number of nitrogens with two attached hydrogens (primary N) is 1. The third kappa shape index (κ3) is 3.85. The predicted molar refractivity (Wildman–Crippen MR) is 156 cm³/mol. The number of carbonyl (C=O) groups is 3. The second-order valence-corrected chi connectivity index (χ2v) is 12.2. The number of aliphatic hydroxyl groups excluding tert-OH is 2. The molecule has 210 valence electrons. The number of allylic oxidation sites excluding steroid dienone is 1. The first-order valence-electron chi connectivity index (χ1n) is 12.7. The van der Waals surface area contributed by atoms with Gasteiger partial charge in [-0.15, -0.1) is 0 Å². The molecule has 0 aromatic heterocycles. The monoisotopic (exact) mass is 659 g/mol. The minimum Gasteiger partial charge on any atom is -0.510 e. The highest BCUT2D eigenvalue weighted by molar-refractivity contribution is 14.1. The van der Waals surface area contributed by atoms with Crippen molar-refractivity contribution in [1.29, 1.82) is 0 Å². The lowest BCUT2D eigenvalue weighted by Gasteiger charge is -2.50. The van der Waals surface area contributed by atoms with Crippen LogP contribution in [0, 0.1) is 15.4 Å². The Morgan fingerprint density at radius 1 is 1.07 bits per heavy atom. The molecule has 1 amide bonds. The molecule has 0 fully saturated rings. The number of carbonyl (C=O) groups excluding carboxylic acids is 3. The van der Waals surface area contributed by atoms with E-state index < -0.39 is 58.0 Å². The van der Waals surface area contributed by atoms with Gasteiger partial charge in [0, 0.05) is 31.3 Å². The van der Waals surface area contributed by atoms with Crippen molar-refractivity contribution in [3.05, 3.63) is 67.7 Å². The van der Waals surface area contributed by atoms with Gasteiger partial charge in [-0.2, -0.15) is 0 Å². The topological polar surface area (TPSA) is 165 Å². The molecule has 3 aliphatic carbocycles. The molecule has 0 saturated carbocycles. The number of anilines is 1. The van der Waals surface area contributed by atoms with Crippen molar-refractivity contribution in [3.63, 3.8) is 0 Å². The molecular formula is C29H30IN3O7. The van der Waals surface area contributed by atoms with E-state index in [1.54, 1.807) is 20.2 Å². The second-order valence-electron chi connectivity index (χ2n) is 11.0. The normalized spacial score (nSPS) is 26.0. The van der Waals surface area contributed by atoms with Gasteiger partial charge in [-0.1, -0.05) is 12.1 Å². The average molecular weight is 659 g/mol. The van der Waals surface area contributed by atoms with Gasteiger partial charge in [-0.3, -0.25) is 19.3 Å². The smallest absolute Gasteiger partial charge is 0.255 e. The summed E-state index contributed by atoms with van der Waals surface area (Å²) < 4.78 is 0.424. The molecule has 0 heterocycles. The van der Waals surface area contributed by atoms with E-state index in [2.05, 4.69) is 0 Å². The third-order valence-electron chi connectivity index (χ3n) is 8.37. The molecule has 0 unspecified atom stereocenters. The summed E-state index contributed by atoms with van der Waals surface area (Å²) in [6, 6.07) is 8.53. The Hall–Kier alpha value is -3.42. The molecule has 0 radical (unpaired) electrons. The average Bonchev–Trinajstić information content (AvgIpc) is 2.88. The third-order valence-corrected chi connectivity index (χ3v) is 9.19. The molecule has 0 spiro atoms. The van der Waals surface area contributed by atoms with Crippen LogP contribution in [-0.2, 0) is 16.0 Å². The maximum atomic E-state index is 14.0. The molecule has 4 atom stereocenters. The van der Waals surface area contributed by atoms with Gasteiger partial charge in [-0.05, 0) is 90.3 Å². The molecule has 0 aliphatic heterocycles. The number of fused-ring (bicyclic) bond motifs is 3. The molecule has 40 heavy (non-hydrogen) atoms. The molecule has 0 saturated heterocycles. The quantitative estimate of drug-likeness (QED) is 0.245. The number of rotatable bonds is 4. The molecule has 5 rings (SSSR count). The number of hydrogen-bond donors (Lipinski definition) is 5. The number of nitrogens with zero attached hydrogens (tertiary/aromatic N) is 2. The Morgan fingerprint density at radius 3 is 2.25 bits per heavy atom. The number of amides is 1. The first-order valence-corrected chi connectivity index (χ1v) is 13.8. The molecule has 11 heteroatoms. The van der Waals surface area contributed by atoms with Crippen molar-refractivity contribution in [2.24, 2.45) is 17.6 Å². The number of halogens is 1. The number of Topliss-reactive ketones (excluding diaryl/α,β-unsaturated/α-hetero) is 2. The van der Waals surface area contributed by atoms with Crippen LogP contribution >= 0.6 is 22.6 Å². The first kappa shape index (κ1) is 28.1. The van der Waals surface area contributed by atoms with Crippen LogP contribution in [0.4, 0.5) is 5.69 Å². The fraction of sp³-hybridized carbons (Fsp3) is 0.345. The standard InChI is InChI=1S/C29H30IN3O7/c1-32(2)14-7-5-12(6-8-14)15-11-18(30)23(34)20-16(15)9-13-10-17-22(33(3)4)25(36)21(28(31)39)27(38)29(17,40)26(37)19(13)24(20)35/h5-8,11,13,17,22,34,36-37,40H,9-10H2,1-4H3,(H2,31,39)/t13-,17-,22-,29-/m0/s1. The fourth-order valence-corrected chi connectivity index (χ4v) is 7.06. The maximum absolute atomic E-state index is 14.0. The number of primary amides is 1. The summed E-state index contributed by atoms with van der Waals surface area (Å²) in [6.45, 7) is 0. The Morgan fingerprint density at radius 2 is 1.70 bits per heavy atom. The Kier molecular flexibility index (Phi) is 6.75. The van der Waals surface area contributed by atoms with Crippen molar-refractivity contribution >= 4 is 45.8 Å². The largest absolute Gasteiger partial charge is 0.510 e. The number of aromatic hydroxyl groups is 1. The summed E-state index contributed by atoms with van der Waals surface area (Å²) in [7, 11) is 7.06. The van der Waals surface area contributed by atoms with Crippen LogP contribution in [0.2, 0.25) is 0 Å². The number of phenols is 1. The summed E-state index contributed by atoms with van der Waals surface area (Å²) in [5.74, 6) is -6.63. The van der Waals surface area contributed by atoms with Crippen molar-refractivity contribution in [2.75, 3.05) is 33.1 Å². The zero-order valence-corrected chi connectivity index (χ0v) is 24.6. The van der Waals surface area contributed by atoms with Crippen LogP contribution in [0.1, 0.15) is 22.3 Å². The number of hydrogen-bond acceptors (Lipinski definition) is 9. The van der Waals surface area contributed by atoms with Gasteiger partial charge < -0.3 is 31.1 Å². The van der Waals surface area contributed by atoms with E-state index in [1.807, 2.05) is 65.9 Å². The van der Waals surface area contributed by atoms with Gasteiger partial charge in [0.25, 0.3) is 5.91 Å². The lowest BCUT2D eigenvalue weighted by Crippen LogP contribution is -2.63. The molecular weight excluding hydrogens is 629 g/mol. The van der Waals surface area contributed by atoms with Gasteiger partial charge in [0.2, 0.25) is 5.78 Å². The molecule has 2 aromatic carbocycles. The molecule has 0 bridgehead atoms. The zero-order chi connectivity index (χ0) is 29.4. The minimum absolute atomic E-state index is 0.000585. The predicted octanol–water partition coefficient (Wildman–Crippen LogP) is 2.46. The van der Waals surface area contributed by atoms with Gasteiger partial charge in [0.05, 0.1) is 15.2 Å². The molecule has 2 aromatic rings. The van der Waals surface area contributed by atoms with Crippen LogP contribution < -0.4 is 10.6 Å². The zero-order valence-electron chi connectivity index (χ0n) is 22.4. The fourth-order valence-electron chi connectivity index (χ4n) is 6.48. The van der Waals surface area contributed by atoms with Gasteiger partial charge in [-0.25, -0.2) is 0 Å². The van der Waals surface area contributed by atoms with Gasteiger partial charge in [0.15, 0.2) is 11.4 Å². The van der Waals surface area contributed by atoms with Crippen molar-refractivity contribution in [3.8, 4) is 16.9 Å². The first-order chi connectivity index (χ1) is 18.7. The van der Waals surface area contributed by atoms with E-state index in [-0.39, 0.29) is 29.7 Å². The Balaban J connectivity index is 1.72. The molecule has 3 aliphatic rings. The second kappa shape index (κ2) is 9.60. The number of aliphatic hydroxyl groups is 3. The lowest BCUT2D eigenvalue weighted by atomic mass is 9.58. The van der Waals surface area contributed by atoms with Crippen molar-refractivity contribution in [2.45, 2.75) is 24.5 Å². The number of phenolic OH excluding ortho intramolecular Hbond substituents is 1. The van der Waals surface area contributed by atoms with Crippen molar-refractivity contribution < 1.29 is 34.8 Å². The Labute approximate surface area is 244 Å². The van der Waals surface area contributed by atoms with E-state index in [0.29, 0.717) is 9.13 Å². The number of benzene rings is 2. The van der Waals surface area contributed by atoms with Crippen molar-refractivity contribution in [1.82, 2.24) is 4.90 Å². The maximum Gasteiger partial charge on any atom is 0.255 e. The highest BCUT2D eigenvalue weighted by atomic mass is 127. The van der Waals surface area contributed by atoms with Crippen LogP contribution in [0.25, 0.3) is 11.1 Å². The van der Waals surface area contributed by atoms with Crippen LogP contribution in [-0.4, -0.2) is 82.6 Å². The van der Waals surface area contributed by atoms with E-state index >= 15 is 0 Å². The van der Waals surface area contributed by atoms with Crippen LogP contribution in [0.5, 0.6) is 5.75 Å². The summed E-state index contributed by atoms with van der Waals surface area (Å²) in [5, 5.41) is 45.1. The minimum atomic E-state index is -2.66. The summed E-state index contributed by atoms with van der Waals surface area (Å²) in [5.41, 5.74) is 4.89. The van der Waals surface area contributed by atoms with E-state index in [0.717, 1.165) is 16.8 Å². The SMILES string of the molecule is CN(C)c1ccc(-c2cc(I)c(O)c3c2C[C@H]2C[C@H]4[C@H](N(C)C)C(O)=C(C(N)=O)C(=O)[C@@]4(O)C(O)=C2C3=O)cc1. The highest BCUT2D eigenvalue weighted by Crippen LogP contribution is 2.53. The highest BCUT2D eigenvalue weighted by Gasteiger charge is 2.63. The summed E-state index contributed by atoms with van der Waals surface area (Å²) >= 11 is 1.94. The Bertz CT molecular complexity index is 1540. The summed E-state index contributed by atoms with van der Waals surface area (Å²) in [6.07, 6.45) is 0.265. The number of ketones is 2. The lowest BCUT2D eigenvalue weighted by molar-refractivity contribution is -0.148. The summed E-state index contributed by atoms with van der Waals surface area (Å²) in [4.78, 5) is 43.1. The van der Waals surface area contributed by atoms with E-state index in [9.17, 15) is 34.8 Å². The van der Waals surface area contributed by atoms with E-state index in [1.165, 1.54) is 4.90 Å². The van der Waals surface area contributed by atoms with Gasteiger partial charge in [0.1, 0.15) is 22.8 Å². The van der Waals surface area contributed by atoms with Gasteiger partial charge >= 0.3 is 0 Å².